The smallest absolute Gasteiger partial charge is 0.287 e. The summed E-state index contributed by atoms with van der Waals surface area (Å²) >= 11 is 0. The van der Waals surface area contributed by atoms with Crippen molar-refractivity contribution in [3.63, 3.8) is 0 Å². The van der Waals surface area contributed by atoms with E-state index in [0.29, 0.717) is 23.5 Å². The Bertz CT molecular complexity index is 1010. The molecule has 1 N–H and O–H groups in total. The number of benzene rings is 2. The fourth-order valence-electron chi connectivity index (χ4n) is 5.41. The molecule has 0 bridgehead atoms. The second kappa shape index (κ2) is 8.94. The van der Waals surface area contributed by atoms with Crippen molar-refractivity contribution in [2.75, 3.05) is 33.0 Å². The van der Waals surface area contributed by atoms with Gasteiger partial charge >= 0.3 is 0 Å². The highest BCUT2D eigenvalue weighted by Gasteiger charge is 2.40. The van der Waals surface area contributed by atoms with Crippen LogP contribution >= 0.6 is 0 Å². The maximum atomic E-state index is 12.3. The molecular formula is C26H30N2O4. The summed E-state index contributed by atoms with van der Waals surface area (Å²) in [4.78, 5) is 26.9. The van der Waals surface area contributed by atoms with Crippen LogP contribution in [0.15, 0.2) is 42.5 Å². The van der Waals surface area contributed by atoms with Gasteiger partial charge in [-0.3, -0.25) is 9.59 Å². The van der Waals surface area contributed by atoms with Crippen molar-refractivity contribution in [3.8, 4) is 11.5 Å². The highest BCUT2D eigenvalue weighted by molar-refractivity contribution is 6.36. The molecule has 1 amide bonds. The van der Waals surface area contributed by atoms with Gasteiger partial charge in [-0.15, -0.1) is 0 Å². The van der Waals surface area contributed by atoms with Crippen LogP contribution in [0.3, 0.4) is 0 Å². The predicted octanol–water partition coefficient (Wildman–Crippen LogP) is 3.01. The van der Waals surface area contributed by atoms with Crippen LogP contribution < -0.4 is 14.8 Å². The molecule has 2 aromatic rings. The Hall–Kier alpha value is -2.86. The van der Waals surface area contributed by atoms with E-state index >= 15 is 0 Å². The zero-order chi connectivity index (χ0) is 22.0. The maximum Gasteiger partial charge on any atom is 0.287 e. The molecule has 2 aromatic carbocycles. The third kappa shape index (κ3) is 4.24. The Morgan fingerprint density at radius 1 is 1.00 bits per heavy atom. The molecule has 1 fully saturated rings. The average Bonchev–Trinajstić information content (AvgIpc) is 3.43. The van der Waals surface area contributed by atoms with Crippen molar-refractivity contribution in [3.05, 3.63) is 59.2 Å². The normalized spacial score (nSPS) is 18.5. The molecule has 2 heterocycles. The van der Waals surface area contributed by atoms with E-state index in [1.165, 1.54) is 31.2 Å². The van der Waals surface area contributed by atoms with Crippen molar-refractivity contribution in [2.45, 2.75) is 43.9 Å². The van der Waals surface area contributed by atoms with Crippen LogP contribution in [-0.2, 0) is 27.8 Å². The molecule has 0 aromatic heterocycles. The molecule has 1 saturated heterocycles. The standard InChI is InChI=1S/C26H30N2O4/c29-22(16-19-6-7-23-24(17-19)32-18-31-23)25(30)27-12-3-13-28-14-10-26(11-15-28)9-8-20-4-1-2-5-21(20)26/h1-2,4-7,17H,3,8-16,18H2,(H,27,30). The van der Waals surface area contributed by atoms with Gasteiger partial charge in [0.25, 0.3) is 5.91 Å². The highest BCUT2D eigenvalue weighted by Crippen LogP contribution is 2.46. The van der Waals surface area contributed by atoms with E-state index < -0.39 is 11.7 Å². The molecule has 0 radical (unpaired) electrons. The van der Waals surface area contributed by atoms with Gasteiger partial charge in [0.05, 0.1) is 0 Å². The zero-order valence-corrected chi connectivity index (χ0v) is 18.4. The number of piperidine rings is 1. The first-order valence-electron chi connectivity index (χ1n) is 11.6. The number of hydrogen-bond acceptors (Lipinski definition) is 5. The second-order valence-corrected chi connectivity index (χ2v) is 9.18. The van der Waals surface area contributed by atoms with Crippen molar-refractivity contribution in [1.82, 2.24) is 10.2 Å². The monoisotopic (exact) mass is 434 g/mol. The van der Waals surface area contributed by atoms with Crippen LogP contribution in [0.5, 0.6) is 11.5 Å². The minimum atomic E-state index is -0.511. The minimum Gasteiger partial charge on any atom is -0.454 e. The Morgan fingerprint density at radius 2 is 1.81 bits per heavy atom. The summed E-state index contributed by atoms with van der Waals surface area (Å²) in [7, 11) is 0. The Balaban J connectivity index is 1.02. The SMILES string of the molecule is O=C(Cc1ccc2c(c1)OCO2)C(=O)NCCCN1CCC2(CCc3ccccc32)CC1. The molecule has 1 spiro atoms. The maximum absolute atomic E-state index is 12.3. The fourth-order valence-corrected chi connectivity index (χ4v) is 5.41. The third-order valence-electron chi connectivity index (χ3n) is 7.27. The van der Waals surface area contributed by atoms with Gasteiger partial charge in [0.15, 0.2) is 11.5 Å². The number of likely N-dealkylation sites (tertiary alicyclic amines) is 1. The number of nitrogens with zero attached hydrogens (tertiary/aromatic N) is 1. The number of aryl methyl sites for hydroxylation is 1. The van der Waals surface area contributed by atoms with E-state index in [1.54, 1.807) is 23.8 Å². The van der Waals surface area contributed by atoms with Crippen molar-refractivity contribution < 1.29 is 19.1 Å². The summed E-state index contributed by atoms with van der Waals surface area (Å²) in [5, 5.41) is 2.79. The number of carbonyl (C=O) groups is 2. The molecule has 2 aliphatic heterocycles. The molecule has 6 heteroatoms. The molecule has 3 aliphatic rings. The first-order chi connectivity index (χ1) is 15.6. The van der Waals surface area contributed by atoms with Crippen molar-refractivity contribution in [2.24, 2.45) is 0 Å². The van der Waals surface area contributed by atoms with E-state index in [-0.39, 0.29) is 13.2 Å². The minimum absolute atomic E-state index is 0.0676. The molecule has 0 atom stereocenters. The lowest BCUT2D eigenvalue weighted by molar-refractivity contribution is -0.137. The number of amides is 1. The number of ketones is 1. The fraction of sp³-hybridized carbons (Fsp3) is 0.462. The molecule has 32 heavy (non-hydrogen) atoms. The van der Waals surface area contributed by atoms with Gasteiger partial charge in [-0.05, 0) is 86.0 Å². The largest absolute Gasteiger partial charge is 0.454 e. The highest BCUT2D eigenvalue weighted by atomic mass is 16.7. The number of carbonyl (C=O) groups excluding carboxylic acids is 2. The Labute approximate surface area is 188 Å². The summed E-state index contributed by atoms with van der Waals surface area (Å²) in [6.07, 6.45) is 5.84. The quantitative estimate of drug-likeness (QED) is 0.536. The van der Waals surface area contributed by atoms with E-state index in [9.17, 15) is 9.59 Å². The average molecular weight is 435 g/mol. The number of ether oxygens (including phenoxy) is 2. The lowest BCUT2D eigenvalue weighted by Crippen LogP contribution is -2.42. The third-order valence-corrected chi connectivity index (χ3v) is 7.27. The van der Waals surface area contributed by atoms with E-state index in [1.807, 2.05) is 0 Å². The van der Waals surface area contributed by atoms with Gasteiger partial charge in [0.2, 0.25) is 12.6 Å². The van der Waals surface area contributed by atoms with Crippen molar-refractivity contribution in [1.29, 1.82) is 0 Å². The number of nitrogens with one attached hydrogen (secondary N) is 1. The predicted molar refractivity (Wildman–Crippen MR) is 121 cm³/mol. The first-order valence-corrected chi connectivity index (χ1v) is 11.6. The van der Waals surface area contributed by atoms with E-state index in [4.69, 9.17) is 9.47 Å². The zero-order valence-electron chi connectivity index (χ0n) is 18.4. The summed E-state index contributed by atoms with van der Waals surface area (Å²) in [5.41, 5.74) is 4.25. The summed E-state index contributed by atoms with van der Waals surface area (Å²) in [6.45, 7) is 3.87. The van der Waals surface area contributed by atoms with Gasteiger partial charge in [-0.1, -0.05) is 30.3 Å². The van der Waals surface area contributed by atoms with Gasteiger partial charge < -0.3 is 19.7 Å². The van der Waals surface area contributed by atoms with Crippen LogP contribution in [0.1, 0.15) is 42.4 Å². The molecule has 5 rings (SSSR count). The van der Waals surface area contributed by atoms with Gasteiger partial charge in [0.1, 0.15) is 0 Å². The topological polar surface area (TPSA) is 67.9 Å². The van der Waals surface area contributed by atoms with Crippen LogP contribution in [-0.4, -0.2) is 49.6 Å². The number of hydrogen-bond donors (Lipinski definition) is 1. The van der Waals surface area contributed by atoms with Gasteiger partial charge in [-0.2, -0.15) is 0 Å². The summed E-state index contributed by atoms with van der Waals surface area (Å²) < 4.78 is 10.6. The van der Waals surface area contributed by atoms with Crippen LogP contribution in [0.2, 0.25) is 0 Å². The van der Waals surface area contributed by atoms with Crippen molar-refractivity contribution >= 4 is 11.7 Å². The number of rotatable bonds is 7. The lowest BCUT2D eigenvalue weighted by Gasteiger charge is -2.40. The van der Waals surface area contributed by atoms with Gasteiger partial charge in [-0.25, -0.2) is 0 Å². The van der Waals surface area contributed by atoms with Crippen LogP contribution in [0.4, 0.5) is 0 Å². The molecule has 1 aliphatic carbocycles. The van der Waals surface area contributed by atoms with Crippen LogP contribution in [0, 0.1) is 0 Å². The molecule has 168 valence electrons. The first kappa shape index (κ1) is 21.0. The Kier molecular flexibility index (Phi) is 5.87. The summed E-state index contributed by atoms with van der Waals surface area (Å²) in [6, 6.07) is 14.3. The second-order valence-electron chi connectivity index (χ2n) is 9.18. The Morgan fingerprint density at radius 3 is 2.69 bits per heavy atom. The lowest BCUT2D eigenvalue weighted by atomic mass is 9.74. The van der Waals surface area contributed by atoms with E-state index in [2.05, 4.69) is 34.5 Å². The molecule has 0 saturated carbocycles. The molecule has 0 unspecified atom stereocenters. The van der Waals surface area contributed by atoms with E-state index in [0.717, 1.165) is 31.6 Å². The van der Waals surface area contributed by atoms with Gasteiger partial charge in [0, 0.05) is 13.0 Å². The number of fused-ring (bicyclic) bond motifs is 3. The van der Waals surface area contributed by atoms with Crippen LogP contribution in [0.25, 0.3) is 0 Å². The number of Topliss-reactive ketones (excluding diaryl/α,β-unsaturated/α-hetero) is 1. The molecular weight excluding hydrogens is 404 g/mol. The summed E-state index contributed by atoms with van der Waals surface area (Å²) in [5.74, 6) is 0.359. The molecule has 6 nitrogen and oxygen atoms in total.